The van der Waals surface area contributed by atoms with Crippen LogP contribution in [-0.2, 0) is 19.1 Å². The summed E-state index contributed by atoms with van der Waals surface area (Å²) in [6.45, 7) is 23.0. The Balaban J connectivity index is 0.677. The van der Waals surface area contributed by atoms with E-state index in [1.165, 1.54) is 33.6 Å². The van der Waals surface area contributed by atoms with Gasteiger partial charge in [0.15, 0.2) is 0 Å². The SMILES string of the molecule is C/C=C\c1c(C)cccc1N1CCN(CCCCOc2ccc3ccc(OCOC(=O)CCC(C)(C)C(=O)OCOc4ccc5ccc(OCCCCN6CCN(c7cccc(C)c7/C=C\C)CC6)cc5n4)nc3c2)CC1. The Kier molecular flexibility index (Phi) is 20.2. The molecule has 0 aliphatic carbocycles. The Morgan fingerprint density at radius 1 is 0.558 bits per heavy atom. The van der Waals surface area contributed by atoms with Crippen LogP contribution in [0.5, 0.6) is 23.3 Å². The molecule has 2 aromatic heterocycles. The average Bonchev–Trinajstić information content (AvgIpc) is 3.44. The molecule has 14 nitrogen and oxygen atoms in total. The quantitative estimate of drug-likeness (QED) is 0.0290. The number of benzene rings is 4. The molecule has 0 atom stereocenters. The minimum Gasteiger partial charge on any atom is -0.494 e. The first-order valence-electron chi connectivity index (χ1n) is 27.5. The van der Waals surface area contributed by atoms with Gasteiger partial charge in [-0.3, -0.25) is 19.4 Å². The zero-order valence-corrected chi connectivity index (χ0v) is 46.1. The van der Waals surface area contributed by atoms with Crippen LogP contribution in [0.2, 0.25) is 0 Å². The molecule has 14 heteroatoms. The summed E-state index contributed by atoms with van der Waals surface area (Å²) in [6.07, 6.45) is 12.9. The first-order valence-corrected chi connectivity index (χ1v) is 27.5. The number of fused-ring (bicyclic) bond motifs is 2. The topological polar surface area (TPSA) is 128 Å². The predicted octanol–water partition coefficient (Wildman–Crippen LogP) is 11.7. The lowest BCUT2D eigenvalue weighted by atomic mass is 9.88. The number of carbonyl (C=O) groups excluding carboxylic acids is 2. The third-order valence-corrected chi connectivity index (χ3v) is 14.6. The van der Waals surface area contributed by atoms with E-state index in [4.69, 9.17) is 28.4 Å². The standard InChI is InChI=1S/C63H78N6O8/c1-7-15-53-47(3)17-13-19-57(53)68-37-33-66(34-38-68)31-9-11-41-72-51-25-21-49-23-27-59(64-55(49)43-51)74-45-76-61(70)29-30-63(5,6)62(71)77-46-75-60-28-24-50-22-26-52(44-56(50)65-60)73-42-12-10-32-67-35-39-69(40-36-67)58-20-14-18-48(4)54(58)16-8-2/h7-8,13-28,43-44H,9-12,29-42,45-46H2,1-6H3/b15-7-,16-8-. The van der Waals surface area contributed by atoms with Gasteiger partial charge in [0.2, 0.25) is 25.3 Å². The molecule has 0 saturated carbocycles. The van der Waals surface area contributed by atoms with Crippen molar-refractivity contribution in [1.29, 1.82) is 0 Å². The van der Waals surface area contributed by atoms with Gasteiger partial charge in [-0.15, -0.1) is 0 Å². The van der Waals surface area contributed by atoms with Crippen LogP contribution in [0.3, 0.4) is 0 Å². The van der Waals surface area contributed by atoms with Crippen LogP contribution in [0, 0.1) is 19.3 Å². The van der Waals surface area contributed by atoms with Crippen LogP contribution in [0.25, 0.3) is 34.0 Å². The van der Waals surface area contributed by atoms with Gasteiger partial charge < -0.3 is 38.2 Å². The summed E-state index contributed by atoms with van der Waals surface area (Å²) < 4.78 is 34.5. The fourth-order valence-electron chi connectivity index (χ4n) is 9.91. The lowest BCUT2D eigenvalue weighted by Crippen LogP contribution is -2.46. The van der Waals surface area contributed by atoms with Gasteiger partial charge in [-0.25, -0.2) is 9.97 Å². The van der Waals surface area contributed by atoms with E-state index < -0.39 is 17.4 Å². The van der Waals surface area contributed by atoms with Gasteiger partial charge in [-0.1, -0.05) is 48.6 Å². The van der Waals surface area contributed by atoms with Gasteiger partial charge in [-0.2, -0.15) is 0 Å². The minimum atomic E-state index is -0.978. The highest BCUT2D eigenvalue weighted by atomic mass is 16.7. The highest BCUT2D eigenvalue weighted by Gasteiger charge is 2.31. The van der Waals surface area contributed by atoms with Crippen molar-refractivity contribution in [2.45, 2.75) is 80.1 Å². The number of hydrogen-bond donors (Lipinski definition) is 0. The molecule has 0 amide bonds. The molecule has 8 rings (SSSR count). The third-order valence-electron chi connectivity index (χ3n) is 14.6. The molecular weight excluding hydrogens is 969 g/mol. The van der Waals surface area contributed by atoms with Crippen LogP contribution in [0.4, 0.5) is 11.4 Å². The highest BCUT2D eigenvalue weighted by molar-refractivity contribution is 5.82. The summed E-state index contributed by atoms with van der Waals surface area (Å²) >= 11 is 0. The van der Waals surface area contributed by atoms with E-state index >= 15 is 0 Å². The Hall–Kier alpha value is -7.16. The molecule has 2 saturated heterocycles. The minimum absolute atomic E-state index is 0.0121. The second-order valence-corrected chi connectivity index (χ2v) is 20.6. The maximum Gasteiger partial charge on any atom is 0.314 e. The maximum absolute atomic E-state index is 13.1. The first-order chi connectivity index (χ1) is 37.5. The first kappa shape index (κ1) is 56.1. The van der Waals surface area contributed by atoms with Gasteiger partial charge in [-0.05, 0) is 146 Å². The van der Waals surface area contributed by atoms with Crippen LogP contribution in [-0.4, -0.2) is 124 Å². The van der Waals surface area contributed by atoms with Crippen LogP contribution in [0.1, 0.15) is 88.5 Å². The van der Waals surface area contributed by atoms with Gasteiger partial charge >= 0.3 is 11.9 Å². The van der Waals surface area contributed by atoms with Crippen molar-refractivity contribution in [3.05, 3.63) is 131 Å². The monoisotopic (exact) mass is 1050 g/mol. The van der Waals surface area contributed by atoms with Gasteiger partial charge in [0.05, 0.1) is 29.7 Å². The molecule has 0 N–H and O–H groups in total. The lowest BCUT2D eigenvalue weighted by Gasteiger charge is -2.37. The number of hydrogen-bond acceptors (Lipinski definition) is 14. The Morgan fingerprint density at radius 2 is 1.01 bits per heavy atom. The van der Waals surface area contributed by atoms with Crippen LogP contribution >= 0.6 is 0 Å². The zero-order chi connectivity index (χ0) is 54.0. The van der Waals surface area contributed by atoms with Crippen molar-refractivity contribution in [2.75, 3.05) is 102 Å². The zero-order valence-electron chi connectivity index (χ0n) is 46.1. The summed E-state index contributed by atoms with van der Waals surface area (Å²) in [6, 6.07) is 32.1. The van der Waals surface area contributed by atoms with Crippen molar-refractivity contribution < 1.29 is 38.0 Å². The summed E-state index contributed by atoms with van der Waals surface area (Å²) in [4.78, 5) is 45.1. The maximum atomic E-state index is 13.1. The number of aromatic nitrogens is 2. The summed E-state index contributed by atoms with van der Waals surface area (Å²) in [7, 11) is 0. The number of unbranched alkanes of at least 4 members (excludes halogenated alkanes) is 2. The molecule has 0 radical (unpaired) electrons. The Bertz CT molecular complexity index is 2960. The van der Waals surface area contributed by atoms with E-state index in [9.17, 15) is 9.59 Å². The number of allylic oxidation sites excluding steroid dienone is 2. The molecule has 2 fully saturated rings. The number of aryl methyl sites for hydroxylation is 2. The summed E-state index contributed by atoms with van der Waals surface area (Å²) in [5.74, 6) is 1.11. The second kappa shape index (κ2) is 27.8. The van der Waals surface area contributed by atoms with E-state index in [-0.39, 0.29) is 26.4 Å². The Morgan fingerprint density at radius 3 is 1.48 bits per heavy atom. The van der Waals surface area contributed by atoms with Crippen molar-refractivity contribution in [3.63, 3.8) is 0 Å². The Labute approximate surface area is 455 Å². The summed E-state index contributed by atoms with van der Waals surface area (Å²) in [5.41, 5.74) is 8.36. The number of carbonyl (C=O) groups is 2. The summed E-state index contributed by atoms with van der Waals surface area (Å²) in [5, 5.41) is 1.87. The van der Waals surface area contributed by atoms with Crippen molar-refractivity contribution >= 4 is 57.3 Å². The number of anilines is 2. The fourth-order valence-corrected chi connectivity index (χ4v) is 9.91. The van der Waals surface area contributed by atoms with E-state index in [1.807, 2.05) is 48.5 Å². The molecule has 6 aromatic rings. The lowest BCUT2D eigenvalue weighted by molar-refractivity contribution is -0.162. The molecule has 0 spiro atoms. The van der Waals surface area contributed by atoms with E-state index in [0.29, 0.717) is 36.0 Å². The number of pyridine rings is 2. The fraction of sp³-hybridized carbons (Fsp3) is 0.429. The van der Waals surface area contributed by atoms with E-state index in [0.717, 1.165) is 113 Å². The number of esters is 2. The molecule has 408 valence electrons. The highest BCUT2D eigenvalue weighted by Crippen LogP contribution is 2.30. The molecule has 4 heterocycles. The van der Waals surface area contributed by atoms with Crippen molar-refractivity contribution in [2.24, 2.45) is 5.41 Å². The number of nitrogens with zero attached hydrogens (tertiary/aromatic N) is 6. The largest absolute Gasteiger partial charge is 0.494 e. The van der Waals surface area contributed by atoms with E-state index in [2.05, 4.69) is 118 Å². The normalized spacial score (nSPS) is 14.7. The molecule has 0 bridgehead atoms. The molecule has 4 aromatic carbocycles. The van der Waals surface area contributed by atoms with Crippen LogP contribution < -0.4 is 28.7 Å². The van der Waals surface area contributed by atoms with Gasteiger partial charge in [0, 0.05) is 116 Å². The molecule has 0 unspecified atom stereocenters. The van der Waals surface area contributed by atoms with Gasteiger partial charge in [0.25, 0.3) is 0 Å². The smallest absolute Gasteiger partial charge is 0.314 e. The van der Waals surface area contributed by atoms with E-state index in [1.54, 1.807) is 26.0 Å². The number of ether oxygens (including phenoxy) is 6. The van der Waals surface area contributed by atoms with Crippen molar-refractivity contribution in [3.8, 4) is 23.3 Å². The number of piperazine rings is 2. The predicted molar refractivity (Wildman–Crippen MR) is 308 cm³/mol. The van der Waals surface area contributed by atoms with Crippen LogP contribution in [0.15, 0.2) is 109 Å². The van der Waals surface area contributed by atoms with Gasteiger partial charge in [0.1, 0.15) is 11.5 Å². The molecule has 2 aliphatic rings. The molecular formula is C63H78N6O8. The molecule has 77 heavy (non-hydrogen) atoms. The number of rotatable bonds is 26. The second-order valence-electron chi connectivity index (χ2n) is 20.6. The third kappa shape index (κ3) is 16.0. The molecule has 2 aliphatic heterocycles. The average molecular weight is 1050 g/mol. The van der Waals surface area contributed by atoms with Crippen molar-refractivity contribution in [1.82, 2.24) is 19.8 Å².